The SMILES string of the molecule is NC(=O)c1ccc(N2CC[C@H]3CNC[C@H]32)cc1Br. The Bertz CT molecular complexity index is 491. The van der Waals surface area contributed by atoms with Gasteiger partial charge in [-0.05, 0) is 46.5 Å². The van der Waals surface area contributed by atoms with Crippen LogP contribution in [0.1, 0.15) is 16.8 Å². The topological polar surface area (TPSA) is 58.4 Å². The van der Waals surface area contributed by atoms with Crippen LogP contribution in [0.25, 0.3) is 0 Å². The van der Waals surface area contributed by atoms with Crippen molar-refractivity contribution in [3.8, 4) is 0 Å². The average molecular weight is 310 g/mol. The molecule has 1 aromatic rings. The van der Waals surface area contributed by atoms with E-state index < -0.39 is 5.91 Å². The van der Waals surface area contributed by atoms with E-state index in [1.54, 1.807) is 6.07 Å². The molecule has 0 bridgehead atoms. The molecular formula is C13H16BrN3O. The molecule has 4 nitrogen and oxygen atoms in total. The Morgan fingerprint density at radius 1 is 1.44 bits per heavy atom. The molecule has 2 aliphatic rings. The lowest BCUT2D eigenvalue weighted by Crippen LogP contribution is -2.34. The van der Waals surface area contributed by atoms with Gasteiger partial charge in [0.05, 0.1) is 5.56 Å². The van der Waals surface area contributed by atoms with Gasteiger partial charge in [0.25, 0.3) is 0 Å². The molecule has 0 radical (unpaired) electrons. The molecule has 2 aliphatic heterocycles. The molecule has 2 heterocycles. The maximum atomic E-state index is 11.2. The van der Waals surface area contributed by atoms with Gasteiger partial charge in [0.2, 0.25) is 5.91 Å². The van der Waals surface area contributed by atoms with Crippen molar-refractivity contribution in [1.29, 1.82) is 0 Å². The zero-order valence-corrected chi connectivity index (χ0v) is 11.6. The molecule has 0 unspecified atom stereocenters. The molecular weight excluding hydrogens is 294 g/mol. The number of rotatable bonds is 2. The molecule has 5 heteroatoms. The van der Waals surface area contributed by atoms with Crippen molar-refractivity contribution < 1.29 is 4.79 Å². The molecule has 2 saturated heterocycles. The van der Waals surface area contributed by atoms with E-state index in [0.717, 1.165) is 30.0 Å². The Hall–Kier alpha value is -1.07. The predicted octanol–water partition coefficient (Wildman–Crippen LogP) is 1.35. The first kappa shape index (κ1) is 12.0. The summed E-state index contributed by atoms with van der Waals surface area (Å²) in [5.74, 6) is 0.370. The van der Waals surface area contributed by atoms with Crippen LogP contribution in [0.3, 0.4) is 0 Å². The van der Waals surface area contributed by atoms with E-state index in [-0.39, 0.29) is 0 Å². The molecule has 3 rings (SSSR count). The van der Waals surface area contributed by atoms with Crippen molar-refractivity contribution in [2.24, 2.45) is 11.7 Å². The molecule has 0 saturated carbocycles. The molecule has 96 valence electrons. The number of carbonyl (C=O) groups excluding carboxylic acids is 1. The number of anilines is 1. The van der Waals surface area contributed by atoms with Crippen molar-refractivity contribution in [3.63, 3.8) is 0 Å². The van der Waals surface area contributed by atoms with E-state index in [9.17, 15) is 4.79 Å². The van der Waals surface area contributed by atoms with E-state index in [1.807, 2.05) is 12.1 Å². The normalized spacial score (nSPS) is 26.4. The van der Waals surface area contributed by atoms with Gasteiger partial charge in [-0.15, -0.1) is 0 Å². The molecule has 3 N–H and O–H groups in total. The van der Waals surface area contributed by atoms with E-state index in [2.05, 4.69) is 26.1 Å². The second-order valence-electron chi connectivity index (χ2n) is 5.00. The lowest BCUT2D eigenvalue weighted by atomic mass is 10.0. The lowest BCUT2D eigenvalue weighted by Gasteiger charge is -2.26. The largest absolute Gasteiger partial charge is 0.367 e. The molecule has 0 aliphatic carbocycles. The van der Waals surface area contributed by atoms with Crippen LogP contribution in [0.5, 0.6) is 0 Å². The quantitative estimate of drug-likeness (QED) is 0.867. The highest BCUT2D eigenvalue weighted by Crippen LogP contribution is 2.33. The van der Waals surface area contributed by atoms with Crippen molar-refractivity contribution in [2.75, 3.05) is 24.5 Å². The third-order valence-electron chi connectivity index (χ3n) is 4.00. The summed E-state index contributed by atoms with van der Waals surface area (Å²) in [5.41, 5.74) is 7.02. The number of hydrogen-bond donors (Lipinski definition) is 2. The van der Waals surface area contributed by atoms with Gasteiger partial charge >= 0.3 is 0 Å². The maximum Gasteiger partial charge on any atom is 0.249 e. The molecule has 0 spiro atoms. The Labute approximate surface area is 115 Å². The highest BCUT2D eigenvalue weighted by molar-refractivity contribution is 9.10. The smallest absolute Gasteiger partial charge is 0.249 e. The molecule has 2 fully saturated rings. The monoisotopic (exact) mass is 309 g/mol. The zero-order chi connectivity index (χ0) is 12.7. The van der Waals surface area contributed by atoms with Gasteiger partial charge in [-0.25, -0.2) is 0 Å². The number of fused-ring (bicyclic) bond motifs is 1. The number of hydrogen-bond acceptors (Lipinski definition) is 3. The zero-order valence-electron chi connectivity index (χ0n) is 10.0. The molecule has 1 amide bonds. The fourth-order valence-corrected chi connectivity index (χ4v) is 3.61. The van der Waals surface area contributed by atoms with Crippen molar-refractivity contribution >= 4 is 27.5 Å². The van der Waals surface area contributed by atoms with E-state index >= 15 is 0 Å². The van der Waals surface area contributed by atoms with Crippen LogP contribution in [-0.2, 0) is 0 Å². The van der Waals surface area contributed by atoms with Gasteiger partial charge in [-0.3, -0.25) is 4.79 Å². The summed E-state index contributed by atoms with van der Waals surface area (Å²) in [6.45, 7) is 3.28. The second-order valence-corrected chi connectivity index (χ2v) is 5.85. The van der Waals surface area contributed by atoms with E-state index in [4.69, 9.17) is 5.73 Å². The van der Waals surface area contributed by atoms with E-state index in [1.165, 1.54) is 12.1 Å². The molecule has 0 aromatic heterocycles. The van der Waals surface area contributed by atoms with Crippen LogP contribution in [0.2, 0.25) is 0 Å². The Kier molecular flexibility index (Phi) is 3.03. The first-order valence-corrected chi connectivity index (χ1v) is 7.03. The Morgan fingerprint density at radius 2 is 2.28 bits per heavy atom. The van der Waals surface area contributed by atoms with Crippen LogP contribution >= 0.6 is 15.9 Å². The first-order chi connectivity index (χ1) is 8.66. The number of amides is 1. The van der Waals surface area contributed by atoms with E-state index in [0.29, 0.717) is 11.6 Å². The summed E-state index contributed by atoms with van der Waals surface area (Å²) in [4.78, 5) is 13.6. The summed E-state index contributed by atoms with van der Waals surface area (Å²) >= 11 is 3.42. The highest BCUT2D eigenvalue weighted by Gasteiger charge is 2.37. The minimum absolute atomic E-state index is 0.393. The number of nitrogens with two attached hydrogens (primary N) is 1. The summed E-state index contributed by atoms with van der Waals surface area (Å²) < 4.78 is 0.780. The van der Waals surface area contributed by atoms with Gasteiger partial charge in [-0.1, -0.05) is 0 Å². The molecule has 1 aromatic carbocycles. The minimum atomic E-state index is -0.393. The van der Waals surface area contributed by atoms with Crippen molar-refractivity contribution in [2.45, 2.75) is 12.5 Å². The van der Waals surface area contributed by atoms with Gasteiger partial charge < -0.3 is 16.0 Å². The van der Waals surface area contributed by atoms with Crippen molar-refractivity contribution in [1.82, 2.24) is 5.32 Å². The Morgan fingerprint density at radius 3 is 3.00 bits per heavy atom. The number of nitrogens with one attached hydrogen (secondary N) is 1. The molecule has 18 heavy (non-hydrogen) atoms. The van der Waals surface area contributed by atoms with Gasteiger partial charge in [-0.2, -0.15) is 0 Å². The minimum Gasteiger partial charge on any atom is -0.367 e. The fraction of sp³-hybridized carbons (Fsp3) is 0.462. The second kappa shape index (κ2) is 4.55. The average Bonchev–Trinajstić information content (AvgIpc) is 2.89. The van der Waals surface area contributed by atoms with Gasteiger partial charge in [0, 0.05) is 35.8 Å². The Balaban J connectivity index is 1.89. The number of halogens is 1. The van der Waals surface area contributed by atoms with Crippen LogP contribution in [0.15, 0.2) is 22.7 Å². The lowest BCUT2D eigenvalue weighted by molar-refractivity contribution is 0.0999. The van der Waals surface area contributed by atoms with Gasteiger partial charge in [0.1, 0.15) is 0 Å². The van der Waals surface area contributed by atoms with Crippen molar-refractivity contribution in [3.05, 3.63) is 28.2 Å². The van der Waals surface area contributed by atoms with Gasteiger partial charge in [0.15, 0.2) is 0 Å². The summed E-state index contributed by atoms with van der Waals surface area (Å²) in [6, 6.07) is 6.39. The summed E-state index contributed by atoms with van der Waals surface area (Å²) in [7, 11) is 0. The number of carbonyl (C=O) groups is 1. The number of nitrogens with zero attached hydrogens (tertiary/aromatic N) is 1. The number of primary amides is 1. The summed E-state index contributed by atoms with van der Waals surface area (Å²) in [5, 5.41) is 3.44. The number of benzene rings is 1. The maximum absolute atomic E-state index is 11.2. The fourth-order valence-electron chi connectivity index (χ4n) is 3.05. The predicted molar refractivity (Wildman–Crippen MR) is 74.8 cm³/mol. The highest BCUT2D eigenvalue weighted by atomic mass is 79.9. The van der Waals surface area contributed by atoms with Crippen LogP contribution in [0.4, 0.5) is 5.69 Å². The first-order valence-electron chi connectivity index (χ1n) is 6.23. The standard InChI is InChI=1S/C13H16BrN3O/c14-11-5-9(1-2-10(11)13(15)18)17-4-3-8-6-16-7-12(8)17/h1-2,5,8,12,16H,3-4,6-7H2,(H2,15,18)/t8-,12+/m0/s1. The summed E-state index contributed by atoms with van der Waals surface area (Å²) in [6.07, 6.45) is 1.24. The molecule has 2 atom stereocenters. The van der Waals surface area contributed by atoms with Crippen LogP contribution in [0, 0.1) is 5.92 Å². The van der Waals surface area contributed by atoms with Crippen LogP contribution in [-0.4, -0.2) is 31.6 Å². The third kappa shape index (κ3) is 1.91. The third-order valence-corrected chi connectivity index (χ3v) is 4.65. The van der Waals surface area contributed by atoms with Crippen LogP contribution < -0.4 is 16.0 Å².